The van der Waals surface area contributed by atoms with Crippen LogP contribution in [-0.4, -0.2) is 4.57 Å². The minimum atomic E-state index is 1.10. The number of hydrogen-bond acceptors (Lipinski definition) is 3. The number of aromatic nitrogens is 1. The Hall–Kier alpha value is -6.98. The molecular weight excluding hydrogens is 741 g/mol. The lowest BCUT2D eigenvalue weighted by atomic mass is 9.95. The van der Waals surface area contributed by atoms with E-state index in [1.54, 1.807) is 0 Å². The van der Waals surface area contributed by atoms with Gasteiger partial charge in [0.25, 0.3) is 0 Å². The SMILES string of the molecule is c1ccc(-c2ccc(N(c3ccc4c(c3)sc3ccccc34)c3cc4c(cc3-c3cccc5sc6ccccc6c35)c3ccccc3n4-c3ccccc3)cc2)cc1. The first-order valence-electron chi connectivity index (χ1n) is 19.7. The van der Waals surface area contributed by atoms with Gasteiger partial charge in [-0.15, -0.1) is 22.7 Å². The van der Waals surface area contributed by atoms with Crippen LogP contribution in [0.5, 0.6) is 0 Å². The molecule has 0 aliphatic carbocycles. The van der Waals surface area contributed by atoms with E-state index in [1.807, 2.05) is 22.7 Å². The molecule has 0 aliphatic rings. The molecule has 12 rings (SSSR count). The van der Waals surface area contributed by atoms with Crippen molar-refractivity contribution in [2.24, 2.45) is 0 Å². The highest BCUT2D eigenvalue weighted by atomic mass is 32.1. The maximum absolute atomic E-state index is 2.49. The maximum Gasteiger partial charge on any atom is 0.0562 e. The van der Waals surface area contributed by atoms with Gasteiger partial charge in [0.2, 0.25) is 0 Å². The van der Waals surface area contributed by atoms with E-state index in [9.17, 15) is 0 Å². The van der Waals surface area contributed by atoms with Gasteiger partial charge in [0, 0.05) is 73.7 Å². The first-order valence-corrected chi connectivity index (χ1v) is 21.3. The fourth-order valence-electron chi connectivity index (χ4n) is 8.97. The normalized spacial score (nSPS) is 11.8. The molecule has 0 amide bonds. The van der Waals surface area contributed by atoms with Crippen molar-refractivity contribution in [3.63, 3.8) is 0 Å². The molecule has 4 heteroatoms. The first-order chi connectivity index (χ1) is 28.8. The van der Waals surface area contributed by atoms with Gasteiger partial charge in [-0.25, -0.2) is 0 Å². The molecule has 272 valence electrons. The third-order valence-electron chi connectivity index (χ3n) is 11.6. The second kappa shape index (κ2) is 13.3. The number of hydrogen-bond donors (Lipinski definition) is 0. The highest BCUT2D eigenvalue weighted by molar-refractivity contribution is 7.26. The molecule has 0 saturated heterocycles. The lowest BCUT2D eigenvalue weighted by Gasteiger charge is -2.29. The first kappa shape index (κ1) is 33.2. The van der Waals surface area contributed by atoms with Crippen molar-refractivity contribution in [3.8, 4) is 27.9 Å². The monoisotopic (exact) mass is 774 g/mol. The lowest BCUT2D eigenvalue weighted by Crippen LogP contribution is -2.11. The van der Waals surface area contributed by atoms with Crippen molar-refractivity contribution in [1.82, 2.24) is 4.57 Å². The molecule has 0 atom stereocenters. The second-order valence-corrected chi connectivity index (χ2v) is 17.0. The molecule has 0 N–H and O–H groups in total. The van der Waals surface area contributed by atoms with Crippen LogP contribution in [0.25, 0.3) is 90.1 Å². The molecule has 2 nitrogen and oxygen atoms in total. The summed E-state index contributed by atoms with van der Waals surface area (Å²) in [6, 6.07) is 75.8. The third kappa shape index (κ3) is 5.23. The van der Waals surface area contributed by atoms with Crippen molar-refractivity contribution < 1.29 is 0 Å². The van der Waals surface area contributed by atoms with Crippen LogP contribution in [-0.2, 0) is 0 Å². The molecule has 58 heavy (non-hydrogen) atoms. The molecule has 3 heterocycles. The van der Waals surface area contributed by atoms with E-state index >= 15 is 0 Å². The molecule has 0 spiro atoms. The fourth-order valence-corrected chi connectivity index (χ4v) is 11.2. The maximum atomic E-state index is 2.49. The zero-order valence-electron chi connectivity index (χ0n) is 31.3. The molecule has 9 aromatic carbocycles. The summed E-state index contributed by atoms with van der Waals surface area (Å²) in [4.78, 5) is 2.49. The summed E-state index contributed by atoms with van der Waals surface area (Å²) in [7, 11) is 0. The zero-order chi connectivity index (χ0) is 38.2. The van der Waals surface area contributed by atoms with Crippen molar-refractivity contribution >= 4 is 102 Å². The Balaban J connectivity index is 1.21. The predicted molar refractivity (Wildman–Crippen MR) is 252 cm³/mol. The summed E-state index contributed by atoms with van der Waals surface area (Å²) < 4.78 is 7.61. The van der Waals surface area contributed by atoms with Crippen molar-refractivity contribution in [1.29, 1.82) is 0 Å². The second-order valence-electron chi connectivity index (χ2n) is 14.9. The van der Waals surface area contributed by atoms with Crippen LogP contribution < -0.4 is 4.90 Å². The quantitative estimate of drug-likeness (QED) is 0.163. The van der Waals surface area contributed by atoms with Crippen molar-refractivity contribution in [2.75, 3.05) is 4.90 Å². The van der Waals surface area contributed by atoms with E-state index in [-0.39, 0.29) is 0 Å². The predicted octanol–water partition coefficient (Wildman–Crippen LogP) is 16.3. The van der Waals surface area contributed by atoms with Gasteiger partial charge in [-0.1, -0.05) is 133 Å². The van der Waals surface area contributed by atoms with Crippen molar-refractivity contribution in [2.45, 2.75) is 0 Å². The number of rotatable bonds is 6. The highest BCUT2D eigenvalue weighted by Crippen LogP contribution is 2.50. The summed E-state index contributed by atoms with van der Waals surface area (Å²) in [5, 5.41) is 7.66. The number of nitrogens with zero attached hydrogens (tertiary/aromatic N) is 2. The highest BCUT2D eigenvalue weighted by Gasteiger charge is 2.24. The van der Waals surface area contributed by atoms with E-state index in [1.165, 1.54) is 84.4 Å². The van der Waals surface area contributed by atoms with E-state index in [2.05, 4.69) is 216 Å². The van der Waals surface area contributed by atoms with Gasteiger partial charge in [0.1, 0.15) is 0 Å². The standard InChI is InChI=1S/C54H34N2S2/c1-3-14-35(15-4-1)36-26-28-38(29-27-36)55(39-30-31-42-41-19-8-11-23-50(41)58-53(42)32-39)48-34-49-45(40-18-7-10-22-47(40)56(49)37-16-5-2-6-17-37)33-46(48)43-21-13-25-52-54(43)44-20-9-12-24-51(44)57-52/h1-34H. The lowest BCUT2D eigenvalue weighted by molar-refractivity contribution is 1.18. The zero-order valence-corrected chi connectivity index (χ0v) is 33.0. The molecule has 0 fully saturated rings. The minimum absolute atomic E-state index is 1.10. The molecule has 0 radical (unpaired) electrons. The van der Waals surface area contributed by atoms with Crippen molar-refractivity contribution in [3.05, 3.63) is 206 Å². The average molecular weight is 775 g/mol. The van der Waals surface area contributed by atoms with Gasteiger partial charge in [-0.2, -0.15) is 0 Å². The van der Waals surface area contributed by atoms with Gasteiger partial charge < -0.3 is 9.47 Å². The van der Waals surface area contributed by atoms with Crippen LogP contribution >= 0.6 is 22.7 Å². The van der Waals surface area contributed by atoms with E-state index in [0.717, 1.165) is 22.7 Å². The van der Waals surface area contributed by atoms with E-state index < -0.39 is 0 Å². The van der Waals surface area contributed by atoms with Gasteiger partial charge in [-0.05, 0) is 89.5 Å². The Labute approximate surface area is 343 Å². The Morgan fingerprint density at radius 2 is 0.948 bits per heavy atom. The summed E-state index contributed by atoms with van der Waals surface area (Å²) in [5.74, 6) is 0. The van der Waals surface area contributed by atoms with Crippen LogP contribution in [0.2, 0.25) is 0 Å². The third-order valence-corrected chi connectivity index (χ3v) is 13.9. The number of para-hydroxylation sites is 2. The van der Waals surface area contributed by atoms with Crippen LogP contribution in [0.1, 0.15) is 0 Å². The summed E-state index contributed by atoms with van der Waals surface area (Å²) >= 11 is 3.74. The molecule has 0 saturated carbocycles. The van der Waals surface area contributed by atoms with Crippen LogP contribution in [0, 0.1) is 0 Å². The Morgan fingerprint density at radius 3 is 1.76 bits per heavy atom. The summed E-state index contributed by atoms with van der Waals surface area (Å²) in [6.07, 6.45) is 0. The van der Waals surface area contributed by atoms with Crippen LogP contribution in [0.3, 0.4) is 0 Å². The Kier molecular flexibility index (Phi) is 7.62. The summed E-state index contributed by atoms with van der Waals surface area (Å²) in [5.41, 5.74) is 11.7. The molecule has 0 unspecified atom stereocenters. The van der Waals surface area contributed by atoms with Gasteiger partial charge >= 0.3 is 0 Å². The number of fused-ring (bicyclic) bond motifs is 9. The van der Waals surface area contributed by atoms with Crippen LogP contribution in [0.15, 0.2) is 206 Å². The Bertz CT molecular complexity index is 3500. The molecule has 3 aromatic heterocycles. The van der Waals surface area contributed by atoms with Gasteiger partial charge in [0.15, 0.2) is 0 Å². The molecular formula is C54H34N2S2. The average Bonchev–Trinajstić information content (AvgIpc) is 3.96. The van der Waals surface area contributed by atoms with Gasteiger partial charge in [0.05, 0.1) is 16.7 Å². The van der Waals surface area contributed by atoms with E-state index in [0.29, 0.717) is 0 Å². The topological polar surface area (TPSA) is 8.17 Å². The number of anilines is 3. The number of thiophene rings is 2. The van der Waals surface area contributed by atoms with Crippen LogP contribution in [0.4, 0.5) is 17.1 Å². The molecule has 12 aromatic rings. The molecule has 0 bridgehead atoms. The van der Waals surface area contributed by atoms with E-state index in [4.69, 9.17) is 0 Å². The molecule has 0 aliphatic heterocycles. The fraction of sp³-hybridized carbons (Fsp3) is 0. The minimum Gasteiger partial charge on any atom is -0.310 e. The van der Waals surface area contributed by atoms with Gasteiger partial charge in [-0.3, -0.25) is 0 Å². The summed E-state index contributed by atoms with van der Waals surface area (Å²) in [6.45, 7) is 0. The smallest absolute Gasteiger partial charge is 0.0562 e. The number of benzene rings is 9. The Morgan fingerprint density at radius 1 is 0.345 bits per heavy atom. The largest absolute Gasteiger partial charge is 0.310 e.